The molecular formula is C23H35N3O. The highest BCUT2D eigenvalue weighted by Gasteiger charge is 2.32. The van der Waals surface area contributed by atoms with Crippen LogP contribution in [0.25, 0.3) is 0 Å². The van der Waals surface area contributed by atoms with E-state index in [2.05, 4.69) is 45.4 Å². The molecule has 1 atom stereocenters. The third kappa shape index (κ3) is 5.11. The lowest BCUT2D eigenvalue weighted by molar-refractivity contribution is -0.127. The van der Waals surface area contributed by atoms with Crippen LogP contribution in [0.4, 0.5) is 0 Å². The van der Waals surface area contributed by atoms with Crippen LogP contribution in [0, 0.1) is 5.92 Å². The van der Waals surface area contributed by atoms with Gasteiger partial charge in [0.1, 0.15) is 0 Å². The summed E-state index contributed by atoms with van der Waals surface area (Å²) in [5.74, 6) is 0.537. The molecule has 3 aliphatic rings. The van der Waals surface area contributed by atoms with E-state index >= 15 is 0 Å². The van der Waals surface area contributed by atoms with Crippen molar-refractivity contribution in [3.8, 4) is 0 Å². The molecule has 2 heterocycles. The van der Waals surface area contributed by atoms with Crippen LogP contribution in [0.5, 0.6) is 0 Å². The highest BCUT2D eigenvalue weighted by molar-refractivity contribution is 5.79. The van der Waals surface area contributed by atoms with Gasteiger partial charge in [0.2, 0.25) is 5.91 Å². The molecule has 1 amide bonds. The van der Waals surface area contributed by atoms with Crippen LogP contribution in [0.2, 0.25) is 0 Å². The predicted octanol–water partition coefficient (Wildman–Crippen LogP) is 3.42. The minimum Gasteiger partial charge on any atom is -0.353 e. The van der Waals surface area contributed by atoms with Gasteiger partial charge in [-0.3, -0.25) is 14.6 Å². The molecule has 1 aliphatic carbocycles. The standard InChI is InChI=1S/C23H35N3O/c27-23(24-21-10-4-5-11-21)20-9-6-14-26(18-20)22-12-15-25(16-13-22)17-19-7-2-1-3-8-19/h1-3,7-8,20-22H,4-6,9-18H2,(H,24,27)/t20-/m0/s1. The van der Waals surface area contributed by atoms with Crippen molar-refractivity contribution in [2.24, 2.45) is 5.92 Å². The van der Waals surface area contributed by atoms with Crippen molar-refractivity contribution in [1.82, 2.24) is 15.1 Å². The van der Waals surface area contributed by atoms with Gasteiger partial charge in [0.25, 0.3) is 0 Å². The largest absolute Gasteiger partial charge is 0.353 e. The molecule has 2 aliphatic heterocycles. The van der Waals surface area contributed by atoms with Gasteiger partial charge in [-0.2, -0.15) is 0 Å². The Kier molecular flexibility index (Phi) is 6.46. The molecule has 3 fully saturated rings. The van der Waals surface area contributed by atoms with Gasteiger partial charge in [0, 0.05) is 25.2 Å². The predicted molar refractivity (Wildman–Crippen MR) is 109 cm³/mol. The Labute approximate surface area is 164 Å². The van der Waals surface area contributed by atoms with E-state index in [1.54, 1.807) is 0 Å². The molecular weight excluding hydrogens is 334 g/mol. The highest BCUT2D eigenvalue weighted by atomic mass is 16.2. The van der Waals surface area contributed by atoms with Crippen LogP contribution in [0.1, 0.15) is 56.9 Å². The minimum absolute atomic E-state index is 0.210. The normalized spacial score (nSPS) is 26.3. The summed E-state index contributed by atoms with van der Waals surface area (Å²) in [5.41, 5.74) is 1.41. The molecule has 1 saturated carbocycles. The first kappa shape index (κ1) is 18.9. The summed E-state index contributed by atoms with van der Waals surface area (Å²) in [5, 5.41) is 3.33. The van der Waals surface area contributed by atoms with E-state index in [0.29, 0.717) is 18.0 Å². The first-order valence-corrected chi connectivity index (χ1v) is 11.1. The van der Waals surface area contributed by atoms with E-state index in [0.717, 1.165) is 19.5 Å². The van der Waals surface area contributed by atoms with Crippen molar-refractivity contribution >= 4 is 5.91 Å². The Balaban J connectivity index is 1.23. The summed E-state index contributed by atoms with van der Waals surface area (Å²) < 4.78 is 0. The van der Waals surface area contributed by atoms with Crippen LogP contribution < -0.4 is 5.32 Å². The topological polar surface area (TPSA) is 35.6 Å². The Morgan fingerprint density at radius 3 is 2.41 bits per heavy atom. The van der Waals surface area contributed by atoms with Gasteiger partial charge in [-0.1, -0.05) is 43.2 Å². The third-order valence-electron chi connectivity index (χ3n) is 6.85. The number of nitrogens with one attached hydrogen (secondary N) is 1. The van der Waals surface area contributed by atoms with E-state index in [9.17, 15) is 4.79 Å². The van der Waals surface area contributed by atoms with Gasteiger partial charge in [0.05, 0.1) is 5.92 Å². The quantitative estimate of drug-likeness (QED) is 0.864. The summed E-state index contributed by atoms with van der Waals surface area (Å²) in [6.07, 6.45) is 9.65. The SMILES string of the molecule is O=C(NC1CCCC1)[C@H]1CCCN(C2CCN(Cc3ccccc3)CC2)C1. The summed E-state index contributed by atoms with van der Waals surface area (Å²) >= 11 is 0. The maximum absolute atomic E-state index is 12.7. The fourth-order valence-electron chi connectivity index (χ4n) is 5.23. The van der Waals surface area contributed by atoms with Crippen molar-refractivity contribution in [2.75, 3.05) is 26.2 Å². The molecule has 0 unspecified atom stereocenters. The molecule has 0 aromatic heterocycles. The van der Waals surface area contributed by atoms with Gasteiger partial charge in [-0.15, -0.1) is 0 Å². The van der Waals surface area contributed by atoms with Gasteiger partial charge >= 0.3 is 0 Å². The van der Waals surface area contributed by atoms with Crippen molar-refractivity contribution in [3.63, 3.8) is 0 Å². The van der Waals surface area contributed by atoms with Gasteiger partial charge in [-0.05, 0) is 63.7 Å². The van der Waals surface area contributed by atoms with Gasteiger partial charge in [0.15, 0.2) is 0 Å². The van der Waals surface area contributed by atoms with Crippen molar-refractivity contribution in [2.45, 2.75) is 70.0 Å². The van der Waals surface area contributed by atoms with Gasteiger partial charge in [-0.25, -0.2) is 0 Å². The fourth-order valence-corrected chi connectivity index (χ4v) is 5.23. The number of rotatable bonds is 5. The molecule has 1 aromatic rings. The van der Waals surface area contributed by atoms with E-state index in [1.165, 1.54) is 70.1 Å². The number of likely N-dealkylation sites (tertiary alicyclic amines) is 2. The Hall–Kier alpha value is -1.39. The zero-order valence-corrected chi connectivity index (χ0v) is 16.6. The smallest absolute Gasteiger partial charge is 0.224 e. The molecule has 2 saturated heterocycles. The molecule has 0 spiro atoms. The lowest BCUT2D eigenvalue weighted by atomic mass is 9.93. The number of amides is 1. The molecule has 1 aromatic carbocycles. The van der Waals surface area contributed by atoms with Crippen LogP contribution >= 0.6 is 0 Å². The number of hydrogen-bond donors (Lipinski definition) is 1. The molecule has 148 valence electrons. The molecule has 0 bridgehead atoms. The Bertz CT molecular complexity index is 591. The first-order valence-electron chi connectivity index (χ1n) is 11.1. The molecule has 4 rings (SSSR count). The highest BCUT2D eigenvalue weighted by Crippen LogP contribution is 2.25. The summed E-state index contributed by atoms with van der Waals surface area (Å²) in [6, 6.07) is 11.9. The second-order valence-corrected chi connectivity index (χ2v) is 8.82. The number of hydrogen-bond acceptors (Lipinski definition) is 3. The number of benzene rings is 1. The number of carbonyl (C=O) groups excluding carboxylic acids is 1. The summed E-state index contributed by atoms with van der Waals surface area (Å²) in [6.45, 7) is 5.57. The third-order valence-corrected chi connectivity index (χ3v) is 6.85. The number of carbonyl (C=O) groups is 1. The van der Waals surface area contributed by atoms with E-state index < -0.39 is 0 Å². The average Bonchev–Trinajstić information content (AvgIpc) is 3.22. The zero-order valence-electron chi connectivity index (χ0n) is 16.6. The first-order chi connectivity index (χ1) is 13.3. The molecule has 0 radical (unpaired) electrons. The number of piperidine rings is 2. The fraction of sp³-hybridized carbons (Fsp3) is 0.696. The second-order valence-electron chi connectivity index (χ2n) is 8.82. The van der Waals surface area contributed by atoms with Crippen LogP contribution in [0.15, 0.2) is 30.3 Å². The lowest BCUT2D eigenvalue weighted by Gasteiger charge is -2.42. The summed E-state index contributed by atoms with van der Waals surface area (Å²) in [7, 11) is 0. The Morgan fingerprint density at radius 2 is 1.67 bits per heavy atom. The van der Waals surface area contributed by atoms with Crippen molar-refractivity contribution in [1.29, 1.82) is 0 Å². The van der Waals surface area contributed by atoms with Crippen LogP contribution in [-0.2, 0) is 11.3 Å². The Morgan fingerprint density at radius 1 is 0.926 bits per heavy atom. The maximum Gasteiger partial charge on any atom is 0.224 e. The van der Waals surface area contributed by atoms with E-state index in [4.69, 9.17) is 0 Å². The van der Waals surface area contributed by atoms with Crippen molar-refractivity contribution < 1.29 is 4.79 Å². The maximum atomic E-state index is 12.7. The molecule has 1 N–H and O–H groups in total. The molecule has 4 heteroatoms. The summed E-state index contributed by atoms with van der Waals surface area (Å²) in [4.78, 5) is 17.9. The molecule has 27 heavy (non-hydrogen) atoms. The zero-order chi connectivity index (χ0) is 18.5. The van der Waals surface area contributed by atoms with Crippen LogP contribution in [-0.4, -0.2) is 54.0 Å². The van der Waals surface area contributed by atoms with Crippen LogP contribution in [0.3, 0.4) is 0 Å². The average molecular weight is 370 g/mol. The number of nitrogens with zero attached hydrogens (tertiary/aromatic N) is 2. The monoisotopic (exact) mass is 369 g/mol. The second kappa shape index (κ2) is 9.20. The minimum atomic E-state index is 0.210. The van der Waals surface area contributed by atoms with E-state index in [-0.39, 0.29) is 5.92 Å². The van der Waals surface area contributed by atoms with E-state index in [1.807, 2.05) is 0 Å². The van der Waals surface area contributed by atoms with Gasteiger partial charge < -0.3 is 5.32 Å². The molecule has 4 nitrogen and oxygen atoms in total. The van der Waals surface area contributed by atoms with Crippen molar-refractivity contribution in [3.05, 3.63) is 35.9 Å². The lowest BCUT2D eigenvalue weighted by Crippen LogP contribution is -2.51.